The number of halogens is 2. The summed E-state index contributed by atoms with van der Waals surface area (Å²) in [6.45, 7) is 0.196. The second-order valence-electron chi connectivity index (χ2n) is 3.66. The topological polar surface area (TPSA) is 101 Å². The Kier molecular flexibility index (Phi) is 6.74. The van der Waals surface area contributed by atoms with Crippen molar-refractivity contribution in [3.63, 3.8) is 0 Å². The molecule has 4 N–H and O–H groups in total. The van der Waals surface area contributed by atoms with Gasteiger partial charge in [-0.1, -0.05) is 0 Å². The van der Waals surface area contributed by atoms with Crippen LogP contribution in [0.15, 0.2) is 18.2 Å². The summed E-state index contributed by atoms with van der Waals surface area (Å²) < 4.78 is 37.4. The number of nitrogens with two attached hydrogens (primary N) is 1. The number of rotatable bonds is 5. The van der Waals surface area contributed by atoms with Gasteiger partial charge in [-0.05, 0) is 18.2 Å². The van der Waals surface area contributed by atoms with Gasteiger partial charge in [-0.25, -0.2) is 12.8 Å². The third-order valence-electron chi connectivity index (χ3n) is 1.92. The lowest BCUT2D eigenvalue weighted by molar-refractivity contribution is -0.116. The van der Waals surface area contributed by atoms with Gasteiger partial charge >= 0.3 is 0 Å². The molecule has 108 valence electrons. The Balaban J connectivity index is 0.00000324. The molecular formula is C10H15ClFN3O3S. The first kappa shape index (κ1) is 17.6. The van der Waals surface area contributed by atoms with Crippen molar-refractivity contribution in [3.05, 3.63) is 24.0 Å². The van der Waals surface area contributed by atoms with Crippen LogP contribution >= 0.6 is 12.4 Å². The highest BCUT2D eigenvalue weighted by molar-refractivity contribution is 7.92. The minimum Gasteiger partial charge on any atom is -0.330 e. The molecule has 0 heterocycles. The van der Waals surface area contributed by atoms with Crippen LogP contribution in [0.2, 0.25) is 0 Å². The number of amides is 1. The quantitative estimate of drug-likeness (QED) is 0.752. The van der Waals surface area contributed by atoms with E-state index in [1.807, 2.05) is 4.72 Å². The maximum absolute atomic E-state index is 13.3. The molecular weight excluding hydrogens is 297 g/mol. The lowest BCUT2D eigenvalue weighted by Crippen LogP contribution is -2.16. The first-order chi connectivity index (χ1) is 8.31. The van der Waals surface area contributed by atoms with E-state index in [4.69, 9.17) is 5.73 Å². The Morgan fingerprint density at radius 1 is 1.42 bits per heavy atom. The van der Waals surface area contributed by atoms with Crippen LogP contribution in [0, 0.1) is 5.82 Å². The van der Waals surface area contributed by atoms with Crippen molar-refractivity contribution in [2.24, 2.45) is 5.73 Å². The lowest BCUT2D eigenvalue weighted by Gasteiger charge is -2.09. The number of carbonyl (C=O) groups is 1. The fourth-order valence-corrected chi connectivity index (χ4v) is 1.79. The summed E-state index contributed by atoms with van der Waals surface area (Å²) in [6, 6.07) is 3.59. The minimum atomic E-state index is -3.58. The molecule has 0 aliphatic carbocycles. The van der Waals surface area contributed by atoms with E-state index in [-0.39, 0.29) is 37.0 Å². The molecule has 9 heteroatoms. The molecule has 0 spiro atoms. The van der Waals surface area contributed by atoms with Gasteiger partial charge in [0.25, 0.3) is 0 Å². The molecule has 1 rings (SSSR count). The molecule has 1 amide bonds. The van der Waals surface area contributed by atoms with Gasteiger partial charge in [0.05, 0.1) is 11.9 Å². The fraction of sp³-hybridized carbons (Fsp3) is 0.300. The Morgan fingerprint density at radius 3 is 2.58 bits per heavy atom. The van der Waals surface area contributed by atoms with Crippen LogP contribution in [-0.2, 0) is 14.8 Å². The summed E-state index contributed by atoms with van der Waals surface area (Å²) in [7, 11) is -3.58. The number of nitrogens with one attached hydrogen (secondary N) is 2. The maximum Gasteiger partial charge on any atom is 0.229 e. The van der Waals surface area contributed by atoms with Crippen LogP contribution < -0.4 is 15.8 Å². The second-order valence-corrected chi connectivity index (χ2v) is 5.40. The number of carbonyl (C=O) groups excluding carboxylic acids is 1. The molecule has 19 heavy (non-hydrogen) atoms. The predicted octanol–water partition coefficient (Wildman–Crippen LogP) is 0.906. The summed E-state index contributed by atoms with van der Waals surface area (Å²) in [5, 5.41) is 2.48. The zero-order valence-corrected chi connectivity index (χ0v) is 11.8. The highest BCUT2D eigenvalue weighted by Crippen LogP contribution is 2.20. The Bertz CT molecular complexity index is 551. The van der Waals surface area contributed by atoms with Gasteiger partial charge < -0.3 is 11.1 Å². The third kappa shape index (κ3) is 6.37. The first-order valence-electron chi connectivity index (χ1n) is 5.09. The lowest BCUT2D eigenvalue weighted by atomic mass is 10.2. The zero-order chi connectivity index (χ0) is 13.8. The van der Waals surface area contributed by atoms with E-state index >= 15 is 0 Å². The Hall–Kier alpha value is -1.38. The minimum absolute atomic E-state index is 0. The highest BCUT2D eigenvalue weighted by atomic mass is 35.5. The van der Waals surface area contributed by atoms with Crippen molar-refractivity contribution in [1.29, 1.82) is 0 Å². The van der Waals surface area contributed by atoms with Crippen molar-refractivity contribution < 1.29 is 17.6 Å². The Labute approximate surface area is 117 Å². The van der Waals surface area contributed by atoms with E-state index in [1.165, 1.54) is 12.1 Å². The average Bonchev–Trinajstić information content (AvgIpc) is 2.21. The van der Waals surface area contributed by atoms with Crippen LogP contribution in [0.5, 0.6) is 0 Å². The molecule has 1 aromatic rings. The van der Waals surface area contributed by atoms with E-state index in [9.17, 15) is 17.6 Å². The van der Waals surface area contributed by atoms with Gasteiger partial charge in [0.15, 0.2) is 0 Å². The monoisotopic (exact) mass is 311 g/mol. The van der Waals surface area contributed by atoms with E-state index in [1.54, 1.807) is 0 Å². The van der Waals surface area contributed by atoms with Crippen molar-refractivity contribution in [1.82, 2.24) is 0 Å². The fourth-order valence-electron chi connectivity index (χ4n) is 1.24. The van der Waals surface area contributed by atoms with E-state index in [0.717, 1.165) is 12.3 Å². The third-order valence-corrected chi connectivity index (χ3v) is 2.51. The van der Waals surface area contributed by atoms with Crippen molar-refractivity contribution in [3.8, 4) is 0 Å². The average molecular weight is 312 g/mol. The molecule has 0 aliphatic heterocycles. The number of hydrogen-bond donors (Lipinski definition) is 3. The number of anilines is 2. The van der Waals surface area contributed by atoms with Crippen LogP contribution in [0.25, 0.3) is 0 Å². The molecule has 0 bridgehead atoms. The summed E-state index contributed by atoms with van der Waals surface area (Å²) in [5.41, 5.74) is 5.28. The molecule has 0 radical (unpaired) electrons. The van der Waals surface area contributed by atoms with E-state index < -0.39 is 15.8 Å². The van der Waals surface area contributed by atoms with Crippen LogP contribution in [0.1, 0.15) is 6.42 Å². The molecule has 0 unspecified atom stereocenters. The number of benzene rings is 1. The molecule has 0 fully saturated rings. The number of sulfonamides is 1. The van der Waals surface area contributed by atoms with Gasteiger partial charge in [0.2, 0.25) is 15.9 Å². The highest BCUT2D eigenvalue weighted by Gasteiger charge is 2.09. The molecule has 6 nitrogen and oxygen atoms in total. The smallest absolute Gasteiger partial charge is 0.229 e. The van der Waals surface area contributed by atoms with Crippen molar-refractivity contribution >= 4 is 39.7 Å². The standard InChI is InChI=1S/C10H14FN3O3S.ClH/c1-18(16,17)14-9-6-7(2-3-8(9)11)13-10(15)4-5-12;/h2-3,6,14H,4-5,12H2,1H3,(H,13,15);1H. The number of hydrogen-bond acceptors (Lipinski definition) is 4. The zero-order valence-electron chi connectivity index (χ0n) is 10.1. The SMILES string of the molecule is CS(=O)(=O)Nc1cc(NC(=O)CCN)ccc1F.Cl. The van der Waals surface area contributed by atoms with Crippen molar-refractivity contribution in [2.45, 2.75) is 6.42 Å². The van der Waals surface area contributed by atoms with Gasteiger partial charge in [0.1, 0.15) is 5.82 Å². The van der Waals surface area contributed by atoms with Gasteiger partial charge in [-0.3, -0.25) is 9.52 Å². The normalized spacial score (nSPS) is 10.5. The molecule has 0 saturated heterocycles. The second kappa shape index (κ2) is 7.27. The van der Waals surface area contributed by atoms with Crippen LogP contribution in [-0.4, -0.2) is 27.1 Å². The van der Waals surface area contributed by atoms with Gasteiger partial charge in [-0.15, -0.1) is 12.4 Å². The van der Waals surface area contributed by atoms with E-state index in [2.05, 4.69) is 5.32 Å². The largest absolute Gasteiger partial charge is 0.330 e. The molecule has 0 aliphatic rings. The molecule has 1 aromatic carbocycles. The van der Waals surface area contributed by atoms with Gasteiger partial charge in [0, 0.05) is 18.7 Å². The maximum atomic E-state index is 13.3. The van der Waals surface area contributed by atoms with Crippen molar-refractivity contribution in [2.75, 3.05) is 22.8 Å². The molecule has 0 atom stereocenters. The summed E-state index contributed by atoms with van der Waals surface area (Å²) in [4.78, 5) is 11.3. The predicted molar refractivity (Wildman–Crippen MR) is 74.4 cm³/mol. The van der Waals surface area contributed by atoms with Crippen LogP contribution in [0.4, 0.5) is 15.8 Å². The van der Waals surface area contributed by atoms with Crippen LogP contribution in [0.3, 0.4) is 0 Å². The van der Waals surface area contributed by atoms with E-state index in [0.29, 0.717) is 5.69 Å². The first-order valence-corrected chi connectivity index (χ1v) is 6.98. The summed E-state index contributed by atoms with van der Waals surface area (Å²) in [6.07, 6.45) is 1.04. The summed E-state index contributed by atoms with van der Waals surface area (Å²) >= 11 is 0. The summed E-state index contributed by atoms with van der Waals surface area (Å²) in [5.74, 6) is -1.05. The molecule has 0 saturated carbocycles. The van der Waals surface area contributed by atoms with Gasteiger partial charge in [-0.2, -0.15) is 0 Å². The molecule has 0 aromatic heterocycles. The Morgan fingerprint density at radius 2 is 2.05 bits per heavy atom.